The van der Waals surface area contributed by atoms with Crippen molar-refractivity contribution in [2.75, 3.05) is 0 Å². The molecule has 0 aliphatic heterocycles. The molecule has 0 spiro atoms. The van der Waals surface area contributed by atoms with Crippen molar-refractivity contribution < 1.29 is 9.90 Å². The number of hydrogen-bond acceptors (Lipinski definition) is 2. The first-order valence-corrected chi connectivity index (χ1v) is 7.05. The first kappa shape index (κ1) is 17.5. The molecule has 0 saturated carbocycles. The van der Waals surface area contributed by atoms with Crippen LogP contribution in [-0.4, -0.2) is 11.0 Å². The Kier molecular flexibility index (Phi) is 5.93. The summed E-state index contributed by atoms with van der Waals surface area (Å²) >= 11 is 0. The SMILES string of the molecule is C=C(/C=C(/C(/C=C(\C)O)=C(C)C)c1ccccc1C)C(N)=O. The minimum atomic E-state index is -0.566. The van der Waals surface area contributed by atoms with Crippen molar-refractivity contribution in [3.05, 3.63) is 76.6 Å². The second kappa shape index (κ2) is 7.46. The van der Waals surface area contributed by atoms with E-state index in [2.05, 4.69) is 6.58 Å². The van der Waals surface area contributed by atoms with Gasteiger partial charge in [-0.1, -0.05) is 36.4 Å². The Balaban J connectivity index is 3.65. The molecular formula is C19H23NO2. The van der Waals surface area contributed by atoms with Crippen LogP contribution in [0.5, 0.6) is 0 Å². The maximum Gasteiger partial charge on any atom is 0.248 e. The molecule has 0 bridgehead atoms. The Labute approximate surface area is 132 Å². The van der Waals surface area contributed by atoms with Gasteiger partial charge >= 0.3 is 0 Å². The molecule has 0 aromatic heterocycles. The lowest BCUT2D eigenvalue weighted by Crippen LogP contribution is -2.12. The molecule has 0 aliphatic rings. The van der Waals surface area contributed by atoms with Crippen LogP contribution in [0.25, 0.3) is 5.57 Å². The molecule has 1 amide bonds. The molecule has 1 rings (SSSR count). The molecule has 0 saturated heterocycles. The topological polar surface area (TPSA) is 63.3 Å². The minimum Gasteiger partial charge on any atom is -0.513 e. The van der Waals surface area contributed by atoms with Crippen LogP contribution in [-0.2, 0) is 4.79 Å². The summed E-state index contributed by atoms with van der Waals surface area (Å²) in [5, 5.41) is 9.67. The predicted molar refractivity (Wildman–Crippen MR) is 92.3 cm³/mol. The average Bonchev–Trinajstić information content (AvgIpc) is 2.42. The molecule has 0 aliphatic carbocycles. The summed E-state index contributed by atoms with van der Waals surface area (Å²) in [5.41, 5.74) is 10.2. The van der Waals surface area contributed by atoms with E-state index in [1.54, 1.807) is 19.1 Å². The third-order valence-electron chi connectivity index (χ3n) is 3.25. The Hall–Kier alpha value is -2.55. The van der Waals surface area contributed by atoms with Gasteiger partial charge < -0.3 is 10.8 Å². The van der Waals surface area contributed by atoms with Gasteiger partial charge in [-0.05, 0) is 62.1 Å². The van der Waals surface area contributed by atoms with Gasteiger partial charge in [0, 0.05) is 5.57 Å². The second-order valence-corrected chi connectivity index (χ2v) is 5.46. The summed E-state index contributed by atoms with van der Waals surface area (Å²) < 4.78 is 0. The lowest BCUT2D eigenvalue weighted by Gasteiger charge is -2.15. The van der Waals surface area contributed by atoms with E-state index in [0.717, 1.165) is 27.8 Å². The molecule has 1 aromatic rings. The zero-order valence-electron chi connectivity index (χ0n) is 13.6. The van der Waals surface area contributed by atoms with Crippen molar-refractivity contribution in [3.8, 4) is 0 Å². The quantitative estimate of drug-likeness (QED) is 0.485. The third kappa shape index (κ3) is 4.48. The number of hydrogen-bond donors (Lipinski definition) is 2. The van der Waals surface area contributed by atoms with Gasteiger partial charge in [0.15, 0.2) is 0 Å². The van der Waals surface area contributed by atoms with Crippen molar-refractivity contribution in [2.45, 2.75) is 27.7 Å². The summed E-state index contributed by atoms with van der Waals surface area (Å²) in [6.07, 6.45) is 3.36. The standard InChI is InChI=1S/C19H23NO2/c1-12(2)17(11-15(5)21)18(10-14(4)19(20)22)16-9-7-6-8-13(16)3/h6-11,21H,4H2,1-3,5H3,(H2,20,22)/b15-11+,18-10+. The van der Waals surface area contributed by atoms with E-state index in [0.29, 0.717) is 0 Å². The maximum absolute atomic E-state index is 11.4. The van der Waals surface area contributed by atoms with Gasteiger partial charge in [0.2, 0.25) is 5.91 Å². The lowest BCUT2D eigenvalue weighted by molar-refractivity contribution is -0.114. The smallest absolute Gasteiger partial charge is 0.248 e. The number of rotatable bonds is 5. The first-order chi connectivity index (χ1) is 10.2. The molecule has 0 fully saturated rings. The predicted octanol–water partition coefficient (Wildman–Crippen LogP) is 4.22. The molecule has 0 radical (unpaired) electrons. The van der Waals surface area contributed by atoms with Crippen LogP contribution in [0.4, 0.5) is 0 Å². The number of allylic oxidation sites excluding steroid dienone is 5. The number of aryl methyl sites for hydroxylation is 1. The van der Waals surface area contributed by atoms with E-state index in [-0.39, 0.29) is 11.3 Å². The van der Waals surface area contributed by atoms with E-state index in [9.17, 15) is 9.90 Å². The Bertz CT molecular complexity index is 683. The normalized spacial score (nSPS) is 12.0. The molecule has 116 valence electrons. The number of carbonyl (C=O) groups is 1. The van der Waals surface area contributed by atoms with E-state index in [4.69, 9.17) is 5.73 Å². The number of primary amides is 1. The van der Waals surface area contributed by atoms with Crippen LogP contribution in [0.1, 0.15) is 31.9 Å². The zero-order valence-corrected chi connectivity index (χ0v) is 13.6. The van der Waals surface area contributed by atoms with Crippen LogP contribution < -0.4 is 5.73 Å². The Morgan fingerprint density at radius 2 is 1.77 bits per heavy atom. The summed E-state index contributed by atoms with van der Waals surface area (Å²) in [5.74, 6) is -0.371. The molecule has 3 heteroatoms. The molecule has 1 aromatic carbocycles. The van der Waals surface area contributed by atoms with Crippen LogP contribution in [0, 0.1) is 6.92 Å². The molecule has 22 heavy (non-hydrogen) atoms. The van der Waals surface area contributed by atoms with Crippen LogP contribution in [0.3, 0.4) is 0 Å². The molecule has 3 nitrogen and oxygen atoms in total. The summed E-state index contributed by atoms with van der Waals surface area (Å²) in [6, 6.07) is 7.85. The fourth-order valence-corrected chi connectivity index (χ4v) is 2.12. The van der Waals surface area contributed by atoms with Gasteiger partial charge in [0.1, 0.15) is 0 Å². The van der Waals surface area contributed by atoms with Gasteiger partial charge in [-0.2, -0.15) is 0 Å². The number of nitrogens with two attached hydrogens (primary N) is 1. The molecule has 3 N–H and O–H groups in total. The van der Waals surface area contributed by atoms with E-state index in [1.165, 1.54) is 0 Å². The molecule has 0 atom stereocenters. The third-order valence-corrected chi connectivity index (χ3v) is 3.25. The number of amides is 1. The van der Waals surface area contributed by atoms with Gasteiger partial charge in [0.25, 0.3) is 0 Å². The highest BCUT2D eigenvalue weighted by molar-refractivity contribution is 5.98. The highest BCUT2D eigenvalue weighted by atomic mass is 16.3. The van der Waals surface area contributed by atoms with Crippen molar-refractivity contribution >= 4 is 11.5 Å². The van der Waals surface area contributed by atoms with Crippen molar-refractivity contribution in [3.63, 3.8) is 0 Å². The molecule has 0 heterocycles. The van der Waals surface area contributed by atoms with Crippen molar-refractivity contribution in [1.82, 2.24) is 0 Å². The zero-order chi connectivity index (χ0) is 16.9. The van der Waals surface area contributed by atoms with E-state index in [1.807, 2.05) is 45.0 Å². The monoisotopic (exact) mass is 297 g/mol. The van der Waals surface area contributed by atoms with Gasteiger partial charge in [-0.15, -0.1) is 0 Å². The van der Waals surface area contributed by atoms with Crippen molar-refractivity contribution in [1.29, 1.82) is 0 Å². The Morgan fingerprint density at radius 3 is 2.23 bits per heavy atom. The van der Waals surface area contributed by atoms with E-state index < -0.39 is 5.91 Å². The summed E-state index contributed by atoms with van der Waals surface area (Å²) in [6.45, 7) is 11.2. The summed E-state index contributed by atoms with van der Waals surface area (Å²) in [4.78, 5) is 11.4. The summed E-state index contributed by atoms with van der Waals surface area (Å²) in [7, 11) is 0. The minimum absolute atomic E-state index is 0.195. The van der Waals surface area contributed by atoms with Crippen LogP contribution >= 0.6 is 0 Å². The fourth-order valence-electron chi connectivity index (χ4n) is 2.12. The lowest BCUT2D eigenvalue weighted by atomic mass is 9.90. The largest absolute Gasteiger partial charge is 0.513 e. The second-order valence-electron chi connectivity index (χ2n) is 5.46. The highest BCUT2D eigenvalue weighted by Crippen LogP contribution is 2.30. The van der Waals surface area contributed by atoms with Crippen molar-refractivity contribution in [2.24, 2.45) is 5.73 Å². The number of aliphatic hydroxyl groups is 1. The number of carbonyl (C=O) groups excluding carboxylic acids is 1. The number of aliphatic hydroxyl groups excluding tert-OH is 1. The van der Waals surface area contributed by atoms with Crippen LogP contribution in [0.15, 0.2) is 65.5 Å². The van der Waals surface area contributed by atoms with Gasteiger partial charge in [0.05, 0.1) is 5.76 Å². The molecule has 0 unspecified atom stereocenters. The number of benzene rings is 1. The Morgan fingerprint density at radius 1 is 1.18 bits per heavy atom. The maximum atomic E-state index is 11.4. The van der Waals surface area contributed by atoms with E-state index >= 15 is 0 Å². The molecular weight excluding hydrogens is 274 g/mol. The first-order valence-electron chi connectivity index (χ1n) is 7.05. The average molecular weight is 297 g/mol. The fraction of sp³-hybridized carbons (Fsp3) is 0.211. The van der Waals surface area contributed by atoms with Gasteiger partial charge in [-0.25, -0.2) is 0 Å². The van der Waals surface area contributed by atoms with Gasteiger partial charge in [-0.3, -0.25) is 4.79 Å². The highest BCUT2D eigenvalue weighted by Gasteiger charge is 2.12. The van der Waals surface area contributed by atoms with Crippen LogP contribution in [0.2, 0.25) is 0 Å².